The summed E-state index contributed by atoms with van der Waals surface area (Å²) in [7, 11) is 0. The second-order valence-electron chi connectivity index (χ2n) is 8.15. The number of carbonyl (C=O) groups excluding carboxylic acids is 1. The Hall–Kier alpha value is -4.60. The fourth-order valence-corrected chi connectivity index (χ4v) is 3.63. The highest BCUT2D eigenvalue weighted by Gasteiger charge is 2.40. The number of rotatable bonds is 8. The Balaban J connectivity index is 1.44. The van der Waals surface area contributed by atoms with Crippen LogP contribution in [0, 0.1) is 0 Å². The van der Waals surface area contributed by atoms with E-state index in [1.54, 1.807) is 54.6 Å². The molecular formula is C27H22F3N3O4. The van der Waals surface area contributed by atoms with E-state index < -0.39 is 35.4 Å². The van der Waals surface area contributed by atoms with Crippen LogP contribution in [0.1, 0.15) is 28.5 Å². The van der Waals surface area contributed by atoms with Crippen molar-refractivity contribution < 1.29 is 32.6 Å². The fraction of sp³-hybridized carbons (Fsp3) is 0.148. The molecule has 37 heavy (non-hydrogen) atoms. The molecule has 0 fully saturated rings. The number of hydrogen-bond donors (Lipinski definition) is 2. The Morgan fingerprint density at radius 3 is 2.14 bits per heavy atom. The normalized spacial score (nSPS) is 12.1. The van der Waals surface area contributed by atoms with Gasteiger partial charge in [-0.15, -0.1) is 0 Å². The van der Waals surface area contributed by atoms with Crippen LogP contribution in [0.15, 0.2) is 85.1 Å². The van der Waals surface area contributed by atoms with Crippen LogP contribution in [-0.4, -0.2) is 32.9 Å². The van der Waals surface area contributed by atoms with Gasteiger partial charge < -0.3 is 15.2 Å². The summed E-state index contributed by atoms with van der Waals surface area (Å²) < 4.78 is 47.4. The van der Waals surface area contributed by atoms with Crippen molar-refractivity contribution in [3.63, 3.8) is 0 Å². The molecule has 0 saturated heterocycles. The first-order chi connectivity index (χ1) is 17.6. The molecule has 1 heterocycles. The monoisotopic (exact) mass is 509 g/mol. The number of carboxylic acid groups (broad SMARTS) is 1. The van der Waals surface area contributed by atoms with Crippen molar-refractivity contribution in [1.82, 2.24) is 15.1 Å². The van der Waals surface area contributed by atoms with Gasteiger partial charge in [0.15, 0.2) is 11.8 Å². The van der Waals surface area contributed by atoms with Crippen LogP contribution in [0.5, 0.6) is 5.75 Å². The standard InChI is InChI=1S/C27H22F3N3O4/c1-17(26(35)36)37-22-13-11-20(12-14-22)19-9-7-18(8-10-19)15-31-25(34)23-16-32-33(24(23)27(28,29)30)21-5-3-2-4-6-21/h2-14,16-17H,15H2,1H3,(H,31,34)(H,35,36). The van der Waals surface area contributed by atoms with Gasteiger partial charge in [0.25, 0.3) is 5.91 Å². The Kier molecular flexibility index (Phi) is 7.28. The average molecular weight is 509 g/mol. The summed E-state index contributed by atoms with van der Waals surface area (Å²) in [6.45, 7) is 1.46. The quantitative estimate of drug-likeness (QED) is 0.335. The number of nitrogens with one attached hydrogen (secondary N) is 1. The van der Waals surface area contributed by atoms with Gasteiger partial charge in [-0.3, -0.25) is 4.79 Å². The third-order valence-corrected chi connectivity index (χ3v) is 5.54. The van der Waals surface area contributed by atoms with Crippen molar-refractivity contribution in [1.29, 1.82) is 0 Å². The van der Waals surface area contributed by atoms with E-state index in [9.17, 15) is 22.8 Å². The molecule has 2 N–H and O–H groups in total. The van der Waals surface area contributed by atoms with Gasteiger partial charge in [-0.2, -0.15) is 18.3 Å². The van der Waals surface area contributed by atoms with Crippen LogP contribution < -0.4 is 10.1 Å². The summed E-state index contributed by atoms with van der Waals surface area (Å²) in [5.74, 6) is -1.53. The first-order valence-electron chi connectivity index (χ1n) is 11.2. The summed E-state index contributed by atoms with van der Waals surface area (Å²) in [6, 6.07) is 21.8. The summed E-state index contributed by atoms with van der Waals surface area (Å²) in [6.07, 6.45) is -4.84. The van der Waals surface area contributed by atoms with Crippen molar-refractivity contribution in [2.45, 2.75) is 25.7 Å². The lowest BCUT2D eigenvalue weighted by Gasteiger charge is -2.13. The number of carboxylic acids is 1. The Morgan fingerprint density at radius 2 is 1.57 bits per heavy atom. The molecule has 7 nitrogen and oxygen atoms in total. The highest BCUT2D eigenvalue weighted by atomic mass is 19.4. The Bertz CT molecular complexity index is 1380. The van der Waals surface area contributed by atoms with Crippen molar-refractivity contribution in [2.24, 2.45) is 0 Å². The van der Waals surface area contributed by atoms with Crippen LogP contribution >= 0.6 is 0 Å². The third-order valence-electron chi connectivity index (χ3n) is 5.54. The molecule has 0 aliphatic heterocycles. The summed E-state index contributed by atoms with van der Waals surface area (Å²) in [4.78, 5) is 23.6. The predicted molar refractivity (Wildman–Crippen MR) is 129 cm³/mol. The van der Waals surface area contributed by atoms with E-state index in [1.165, 1.54) is 19.1 Å². The minimum absolute atomic E-state index is 0.0206. The lowest BCUT2D eigenvalue weighted by molar-refractivity contribution is -0.144. The second-order valence-corrected chi connectivity index (χ2v) is 8.15. The molecule has 0 radical (unpaired) electrons. The van der Waals surface area contributed by atoms with E-state index >= 15 is 0 Å². The zero-order valence-corrected chi connectivity index (χ0v) is 19.6. The molecule has 0 spiro atoms. The Morgan fingerprint density at radius 1 is 0.973 bits per heavy atom. The number of benzene rings is 3. The smallest absolute Gasteiger partial charge is 0.434 e. The number of halogens is 3. The van der Waals surface area contributed by atoms with E-state index in [2.05, 4.69) is 10.4 Å². The van der Waals surface area contributed by atoms with Gasteiger partial charge in [0.05, 0.1) is 17.4 Å². The summed E-state index contributed by atoms with van der Waals surface area (Å²) in [5, 5.41) is 15.3. The van der Waals surface area contributed by atoms with Crippen molar-refractivity contribution >= 4 is 11.9 Å². The molecule has 1 atom stereocenters. The number of nitrogens with zero attached hydrogens (tertiary/aromatic N) is 2. The minimum atomic E-state index is -4.78. The largest absolute Gasteiger partial charge is 0.479 e. The first-order valence-corrected chi connectivity index (χ1v) is 11.2. The fourth-order valence-electron chi connectivity index (χ4n) is 3.63. The predicted octanol–water partition coefficient (Wildman–Crippen LogP) is 5.34. The first kappa shape index (κ1) is 25.5. The molecule has 4 rings (SSSR count). The number of aliphatic carboxylic acids is 1. The van der Waals surface area contributed by atoms with Crippen molar-refractivity contribution in [3.05, 3.63) is 102 Å². The van der Waals surface area contributed by atoms with Crippen LogP contribution in [0.4, 0.5) is 13.2 Å². The van der Waals surface area contributed by atoms with Crippen molar-refractivity contribution in [2.75, 3.05) is 0 Å². The van der Waals surface area contributed by atoms with Gasteiger partial charge >= 0.3 is 12.1 Å². The maximum Gasteiger partial charge on any atom is 0.434 e. The lowest BCUT2D eigenvalue weighted by Crippen LogP contribution is -2.26. The van der Waals surface area contributed by atoms with E-state index in [-0.39, 0.29) is 12.2 Å². The zero-order valence-electron chi connectivity index (χ0n) is 19.6. The minimum Gasteiger partial charge on any atom is -0.479 e. The molecule has 10 heteroatoms. The molecule has 1 aromatic heterocycles. The van der Waals surface area contributed by atoms with Gasteiger partial charge in [-0.05, 0) is 47.9 Å². The van der Waals surface area contributed by atoms with Crippen LogP contribution in [0.3, 0.4) is 0 Å². The molecule has 1 unspecified atom stereocenters. The number of hydrogen-bond acceptors (Lipinski definition) is 4. The van der Waals surface area contributed by atoms with Crippen LogP contribution in [0.2, 0.25) is 0 Å². The van der Waals surface area contributed by atoms with Gasteiger partial charge in [-0.1, -0.05) is 54.6 Å². The van der Waals surface area contributed by atoms with Gasteiger partial charge in [0.1, 0.15) is 5.75 Å². The Labute approximate surface area is 210 Å². The van der Waals surface area contributed by atoms with Crippen molar-refractivity contribution in [3.8, 4) is 22.6 Å². The highest BCUT2D eigenvalue weighted by molar-refractivity contribution is 5.95. The number of aromatic nitrogens is 2. The zero-order chi connectivity index (χ0) is 26.6. The molecule has 3 aromatic carbocycles. The van der Waals surface area contributed by atoms with E-state index in [0.717, 1.165) is 17.3 Å². The molecule has 4 aromatic rings. The molecular weight excluding hydrogens is 487 g/mol. The number of para-hydroxylation sites is 1. The summed E-state index contributed by atoms with van der Waals surface area (Å²) >= 11 is 0. The maximum absolute atomic E-state index is 13.8. The van der Waals surface area contributed by atoms with E-state index in [0.29, 0.717) is 16.0 Å². The molecule has 0 aliphatic rings. The molecule has 1 amide bonds. The number of alkyl halides is 3. The molecule has 190 valence electrons. The number of amides is 1. The van der Waals surface area contributed by atoms with Crippen LogP contribution in [-0.2, 0) is 17.5 Å². The molecule has 0 bridgehead atoms. The maximum atomic E-state index is 13.8. The van der Waals surface area contributed by atoms with E-state index in [4.69, 9.17) is 9.84 Å². The highest BCUT2D eigenvalue weighted by Crippen LogP contribution is 2.33. The van der Waals surface area contributed by atoms with Gasteiger partial charge in [0.2, 0.25) is 0 Å². The van der Waals surface area contributed by atoms with Crippen LogP contribution in [0.25, 0.3) is 16.8 Å². The third kappa shape index (κ3) is 5.97. The van der Waals surface area contributed by atoms with Gasteiger partial charge in [-0.25, -0.2) is 9.48 Å². The van der Waals surface area contributed by atoms with E-state index in [1.807, 2.05) is 12.1 Å². The average Bonchev–Trinajstić information content (AvgIpc) is 3.35. The number of ether oxygens (including phenoxy) is 1. The second kappa shape index (κ2) is 10.6. The summed E-state index contributed by atoms with van der Waals surface area (Å²) in [5.41, 5.74) is 0.895. The van der Waals surface area contributed by atoms with Gasteiger partial charge in [0, 0.05) is 6.54 Å². The SMILES string of the molecule is CC(Oc1ccc(-c2ccc(CNC(=O)c3cnn(-c4ccccc4)c3C(F)(F)F)cc2)cc1)C(=O)O. The topological polar surface area (TPSA) is 93.5 Å². The molecule has 0 saturated carbocycles. The lowest BCUT2D eigenvalue weighted by atomic mass is 10.0. The molecule has 0 aliphatic carbocycles. The number of carbonyl (C=O) groups is 2.